The van der Waals surface area contributed by atoms with Crippen molar-refractivity contribution in [2.24, 2.45) is 0 Å². The molecule has 0 N–H and O–H groups in total. The number of rotatable bonds is 3. The molecule has 0 saturated carbocycles. The molecule has 12 heavy (non-hydrogen) atoms. The average Bonchev–Trinajstić information content (AvgIpc) is 2.35. The van der Waals surface area contributed by atoms with Crippen molar-refractivity contribution in [3.8, 4) is 0 Å². The van der Waals surface area contributed by atoms with E-state index in [2.05, 4.69) is 4.74 Å². The Bertz CT molecular complexity index is 233. The van der Waals surface area contributed by atoms with Gasteiger partial charge in [-0.15, -0.1) is 0 Å². The summed E-state index contributed by atoms with van der Waals surface area (Å²) in [6.45, 7) is -1.18. The first-order valence-corrected chi connectivity index (χ1v) is 5.95. The SMILES string of the molecule is CCOP(=O)(Cl)N1CCOC1=O. The predicted octanol–water partition coefficient (Wildman–Crippen LogP) is 1.82. The maximum atomic E-state index is 11.4. The fourth-order valence-electron chi connectivity index (χ4n) is 0.831. The Kier molecular flexibility index (Phi) is 2.99. The summed E-state index contributed by atoms with van der Waals surface area (Å²) >= 11 is 5.50. The minimum Gasteiger partial charge on any atom is -0.447 e. The van der Waals surface area contributed by atoms with Gasteiger partial charge in [0.2, 0.25) is 0 Å². The third-order valence-corrected chi connectivity index (χ3v) is 3.67. The van der Waals surface area contributed by atoms with Gasteiger partial charge >= 0.3 is 13.0 Å². The second-order valence-corrected chi connectivity index (χ2v) is 5.03. The van der Waals surface area contributed by atoms with Gasteiger partial charge in [-0.25, -0.2) is 14.0 Å². The third-order valence-electron chi connectivity index (χ3n) is 1.32. The van der Waals surface area contributed by atoms with Crippen molar-refractivity contribution >= 4 is 24.2 Å². The van der Waals surface area contributed by atoms with E-state index in [1.165, 1.54) is 0 Å². The van der Waals surface area contributed by atoms with E-state index < -0.39 is 13.0 Å². The van der Waals surface area contributed by atoms with Crippen molar-refractivity contribution in [3.63, 3.8) is 0 Å². The molecule has 1 heterocycles. The lowest BCUT2D eigenvalue weighted by molar-refractivity contribution is 0.167. The number of hydrogen-bond donors (Lipinski definition) is 0. The van der Waals surface area contributed by atoms with Gasteiger partial charge in [-0.1, -0.05) is 0 Å². The molecule has 1 aliphatic rings. The zero-order valence-corrected chi connectivity index (χ0v) is 8.18. The van der Waals surface area contributed by atoms with Gasteiger partial charge in [0.15, 0.2) is 0 Å². The van der Waals surface area contributed by atoms with Gasteiger partial charge in [0, 0.05) is 0 Å². The number of nitrogens with zero attached hydrogens (tertiary/aromatic N) is 1. The molecule has 0 aliphatic carbocycles. The first-order valence-electron chi connectivity index (χ1n) is 3.47. The van der Waals surface area contributed by atoms with Crippen LogP contribution >= 0.6 is 18.1 Å². The highest BCUT2D eigenvalue weighted by atomic mass is 35.7. The van der Waals surface area contributed by atoms with Crippen LogP contribution in [0, 0.1) is 0 Å². The molecule has 0 radical (unpaired) electrons. The minimum atomic E-state index is -3.47. The molecule has 5 nitrogen and oxygen atoms in total. The number of halogens is 1. The molecule has 7 heteroatoms. The Morgan fingerprint density at radius 2 is 2.50 bits per heavy atom. The van der Waals surface area contributed by atoms with Gasteiger partial charge in [0.25, 0.3) is 0 Å². The molecule has 1 rings (SSSR count). The fraction of sp³-hybridized carbons (Fsp3) is 0.800. The Morgan fingerprint density at radius 3 is 2.92 bits per heavy atom. The molecular formula is C5H9ClNO4P. The highest BCUT2D eigenvalue weighted by Crippen LogP contribution is 2.56. The highest BCUT2D eigenvalue weighted by Gasteiger charge is 2.38. The second kappa shape index (κ2) is 3.64. The van der Waals surface area contributed by atoms with Crippen LogP contribution in [0.25, 0.3) is 0 Å². The topological polar surface area (TPSA) is 55.8 Å². The van der Waals surface area contributed by atoms with Crippen molar-refractivity contribution in [1.29, 1.82) is 0 Å². The van der Waals surface area contributed by atoms with Gasteiger partial charge in [0.05, 0.1) is 13.2 Å². The summed E-state index contributed by atoms with van der Waals surface area (Å²) in [7, 11) is 0. The minimum absolute atomic E-state index is 0.199. The van der Waals surface area contributed by atoms with Crippen LogP contribution < -0.4 is 0 Å². The number of ether oxygens (including phenoxy) is 1. The Hall–Kier alpha value is -0.250. The van der Waals surface area contributed by atoms with E-state index in [9.17, 15) is 9.36 Å². The lowest BCUT2D eigenvalue weighted by Gasteiger charge is -2.17. The average molecular weight is 214 g/mol. The molecule has 1 unspecified atom stereocenters. The summed E-state index contributed by atoms with van der Waals surface area (Å²) in [5.74, 6) is 0. The lowest BCUT2D eigenvalue weighted by atomic mass is 10.7. The zero-order valence-electron chi connectivity index (χ0n) is 6.53. The van der Waals surface area contributed by atoms with E-state index in [1.807, 2.05) is 0 Å². The number of hydrogen-bond acceptors (Lipinski definition) is 4. The molecule has 1 atom stereocenters. The quantitative estimate of drug-likeness (QED) is 0.671. The van der Waals surface area contributed by atoms with Crippen molar-refractivity contribution in [1.82, 2.24) is 4.67 Å². The number of amides is 1. The maximum absolute atomic E-state index is 11.4. The maximum Gasteiger partial charge on any atom is 0.418 e. The molecule has 0 aromatic rings. The van der Waals surface area contributed by atoms with Crippen LogP contribution in [0.3, 0.4) is 0 Å². The third kappa shape index (κ3) is 1.91. The Labute approximate surface area is 74.9 Å². The van der Waals surface area contributed by atoms with E-state index in [0.29, 0.717) is 0 Å². The summed E-state index contributed by atoms with van der Waals surface area (Å²) in [5.41, 5.74) is 0. The molecule has 0 spiro atoms. The largest absolute Gasteiger partial charge is 0.447 e. The molecule has 1 aliphatic heterocycles. The highest BCUT2D eigenvalue weighted by molar-refractivity contribution is 7.83. The Balaban J connectivity index is 2.67. The predicted molar refractivity (Wildman–Crippen MR) is 43.1 cm³/mol. The molecule has 1 fully saturated rings. The van der Waals surface area contributed by atoms with Crippen LogP contribution in [-0.4, -0.2) is 30.5 Å². The Morgan fingerprint density at radius 1 is 1.83 bits per heavy atom. The standard InChI is InChI=1S/C5H9ClNO4P/c1-2-11-12(6,9)7-3-4-10-5(7)8/h2-4H2,1H3. The van der Waals surface area contributed by atoms with Crippen molar-refractivity contribution in [2.45, 2.75) is 6.92 Å². The van der Waals surface area contributed by atoms with E-state index in [0.717, 1.165) is 4.67 Å². The molecule has 70 valence electrons. The monoisotopic (exact) mass is 213 g/mol. The summed E-state index contributed by atoms with van der Waals surface area (Å²) < 4.78 is 21.6. The van der Waals surface area contributed by atoms with Gasteiger partial charge in [-0.2, -0.15) is 0 Å². The summed E-state index contributed by atoms with van der Waals surface area (Å²) in [4.78, 5) is 10.9. The molecule has 0 aromatic heterocycles. The van der Waals surface area contributed by atoms with E-state index in [1.54, 1.807) is 6.92 Å². The molecular weight excluding hydrogens is 204 g/mol. The fourth-order valence-corrected chi connectivity index (χ4v) is 2.57. The van der Waals surface area contributed by atoms with Gasteiger partial charge in [-0.3, -0.25) is 0 Å². The zero-order chi connectivity index (χ0) is 9.19. The summed E-state index contributed by atoms with van der Waals surface area (Å²) in [6, 6.07) is 0. The summed E-state index contributed by atoms with van der Waals surface area (Å²) in [6.07, 6.45) is -0.679. The number of cyclic esters (lactones) is 1. The van der Waals surface area contributed by atoms with Crippen LogP contribution in [-0.2, 0) is 13.8 Å². The normalized spacial score (nSPS) is 22.2. The van der Waals surface area contributed by atoms with Crippen molar-refractivity contribution < 1.29 is 18.6 Å². The van der Waals surface area contributed by atoms with Crippen molar-refractivity contribution in [3.05, 3.63) is 0 Å². The molecule has 1 amide bonds. The first-order chi connectivity index (χ1) is 5.58. The van der Waals surface area contributed by atoms with Crippen LogP contribution in [0.4, 0.5) is 4.79 Å². The lowest BCUT2D eigenvalue weighted by Crippen LogP contribution is -2.19. The van der Waals surface area contributed by atoms with Crippen molar-refractivity contribution in [2.75, 3.05) is 19.8 Å². The molecule has 0 bridgehead atoms. The van der Waals surface area contributed by atoms with E-state index >= 15 is 0 Å². The number of carbonyl (C=O) groups excluding carboxylic acids is 1. The van der Waals surface area contributed by atoms with E-state index in [-0.39, 0.29) is 19.8 Å². The molecule has 0 aromatic carbocycles. The smallest absolute Gasteiger partial charge is 0.418 e. The van der Waals surface area contributed by atoms with E-state index in [4.69, 9.17) is 15.8 Å². The molecule has 1 saturated heterocycles. The van der Waals surface area contributed by atoms with Crippen LogP contribution in [0.2, 0.25) is 0 Å². The van der Waals surface area contributed by atoms with Gasteiger partial charge < -0.3 is 9.26 Å². The van der Waals surface area contributed by atoms with Crippen LogP contribution in [0.1, 0.15) is 6.92 Å². The second-order valence-electron chi connectivity index (χ2n) is 2.11. The van der Waals surface area contributed by atoms with Gasteiger partial charge in [0.1, 0.15) is 6.61 Å². The number of carbonyl (C=O) groups is 1. The van der Waals surface area contributed by atoms with Crippen LogP contribution in [0.15, 0.2) is 0 Å². The summed E-state index contributed by atoms with van der Waals surface area (Å²) in [5, 5.41) is 0. The first kappa shape index (κ1) is 9.84. The van der Waals surface area contributed by atoms with Crippen LogP contribution in [0.5, 0.6) is 0 Å². The van der Waals surface area contributed by atoms with Gasteiger partial charge in [-0.05, 0) is 18.2 Å².